The Hall–Kier alpha value is -2.36. The summed E-state index contributed by atoms with van der Waals surface area (Å²) in [6, 6.07) is 14.1. The number of benzene rings is 2. The molecule has 2 aromatic carbocycles. The van der Waals surface area contributed by atoms with Crippen LogP contribution in [-0.4, -0.2) is 19.1 Å². The van der Waals surface area contributed by atoms with Crippen molar-refractivity contribution in [3.63, 3.8) is 0 Å². The van der Waals surface area contributed by atoms with Crippen LogP contribution < -0.4 is 10.1 Å². The average molecular weight is 287 g/mol. The lowest BCUT2D eigenvalue weighted by molar-refractivity contribution is -0.123. The van der Waals surface area contributed by atoms with E-state index in [0.29, 0.717) is 24.3 Å². The fourth-order valence-electron chi connectivity index (χ4n) is 1.95. The second kappa shape index (κ2) is 7.43. The molecule has 4 heteroatoms. The first-order valence-electron chi connectivity index (χ1n) is 6.85. The molecule has 0 atom stereocenters. The molecule has 3 nitrogen and oxygen atoms in total. The summed E-state index contributed by atoms with van der Waals surface area (Å²) in [5.41, 5.74) is 1.58. The fourth-order valence-corrected chi connectivity index (χ4v) is 1.95. The van der Waals surface area contributed by atoms with Crippen molar-refractivity contribution < 1.29 is 13.9 Å². The van der Waals surface area contributed by atoms with Crippen molar-refractivity contribution in [1.82, 2.24) is 5.32 Å². The minimum Gasteiger partial charge on any atom is -0.484 e. The van der Waals surface area contributed by atoms with E-state index < -0.39 is 0 Å². The second-order valence-corrected chi connectivity index (χ2v) is 4.75. The smallest absolute Gasteiger partial charge is 0.257 e. The van der Waals surface area contributed by atoms with Gasteiger partial charge in [-0.2, -0.15) is 0 Å². The monoisotopic (exact) mass is 287 g/mol. The molecule has 110 valence electrons. The van der Waals surface area contributed by atoms with E-state index in [1.54, 1.807) is 18.2 Å². The van der Waals surface area contributed by atoms with Crippen LogP contribution in [0.5, 0.6) is 5.75 Å². The van der Waals surface area contributed by atoms with Crippen LogP contribution in [0.25, 0.3) is 0 Å². The number of rotatable bonds is 6. The highest BCUT2D eigenvalue weighted by atomic mass is 19.1. The Morgan fingerprint density at radius 1 is 1.14 bits per heavy atom. The first-order chi connectivity index (χ1) is 10.2. The van der Waals surface area contributed by atoms with Crippen LogP contribution in [0.3, 0.4) is 0 Å². The number of hydrogen-bond donors (Lipinski definition) is 1. The Morgan fingerprint density at radius 3 is 2.62 bits per heavy atom. The molecule has 0 aliphatic heterocycles. The lowest BCUT2D eigenvalue weighted by atomic mass is 10.1. The maximum Gasteiger partial charge on any atom is 0.257 e. The Kier molecular flexibility index (Phi) is 5.32. The highest BCUT2D eigenvalue weighted by Crippen LogP contribution is 2.15. The summed E-state index contributed by atoms with van der Waals surface area (Å²) in [5, 5.41) is 2.72. The van der Waals surface area contributed by atoms with Crippen LogP contribution >= 0.6 is 0 Å². The van der Waals surface area contributed by atoms with Crippen molar-refractivity contribution in [2.24, 2.45) is 0 Å². The zero-order valence-electron chi connectivity index (χ0n) is 11.9. The molecule has 2 aromatic rings. The largest absolute Gasteiger partial charge is 0.484 e. The maximum absolute atomic E-state index is 13.4. The Labute approximate surface area is 123 Å². The summed E-state index contributed by atoms with van der Waals surface area (Å²) in [6.07, 6.45) is 0.461. The van der Waals surface area contributed by atoms with Gasteiger partial charge in [0.2, 0.25) is 0 Å². The molecule has 0 saturated heterocycles. The van der Waals surface area contributed by atoms with E-state index >= 15 is 0 Å². The van der Waals surface area contributed by atoms with Crippen LogP contribution in [0.15, 0.2) is 48.5 Å². The molecule has 0 heterocycles. The molecule has 21 heavy (non-hydrogen) atoms. The SMILES string of the molecule is Cc1ccccc1OCC(=O)NCCc1ccccc1F. The molecule has 0 aliphatic rings. The van der Waals surface area contributed by atoms with E-state index in [2.05, 4.69) is 5.32 Å². The number of hydrogen-bond acceptors (Lipinski definition) is 2. The molecule has 0 unspecified atom stereocenters. The van der Waals surface area contributed by atoms with Gasteiger partial charge in [-0.25, -0.2) is 4.39 Å². The molecule has 0 bridgehead atoms. The number of para-hydroxylation sites is 1. The normalized spacial score (nSPS) is 10.2. The van der Waals surface area contributed by atoms with Crippen molar-refractivity contribution in [3.05, 3.63) is 65.5 Å². The van der Waals surface area contributed by atoms with E-state index in [-0.39, 0.29) is 18.3 Å². The predicted molar refractivity (Wildman–Crippen MR) is 79.8 cm³/mol. The van der Waals surface area contributed by atoms with Crippen molar-refractivity contribution >= 4 is 5.91 Å². The number of ether oxygens (including phenoxy) is 1. The maximum atomic E-state index is 13.4. The fraction of sp³-hybridized carbons (Fsp3) is 0.235. The van der Waals surface area contributed by atoms with E-state index in [1.807, 2.05) is 31.2 Å². The van der Waals surface area contributed by atoms with Crippen molar-refractivity contribution in [3.8, 4) is 5.75 Å². The van der Waals surface area contributed by atoms with Gasteiger partial charge in [-0.15, -0.1) is 0 Å². The van der Waals surface area contributed by atoms with Gasteiger partial charge in [0.1, 0.15) is 11.6 Å². The third-order valence-electron chi connectivity index (χ3n) is 3.13. The number of carbonyl (C=O) groups excluding carboxylic acids is 1. The molecule has 0 radical (unpaired) electrons. The quantitative estimate of drug-likeness (QED) is 0.887. The molecule has 0 saturated carbocycles. The summed E-state index contributed by atoms with van der Waals surface area (Å²) in [7, 11) is 0. The molecule has 1 amide bonds. The number of amides is 1. The first kappa shape index (κ1) is 15.0. The van der Waals surface area contributed by atoms with E-state index in [1.165, 1.54) is 6.07 Å². The summed E-state index contributed by atoms with van der Waals surface area (Å²) in [6.45, 7) is 2.27. The lowest BCUT2D eigenvalue weighted by Crippen LogP contribution is -2.30. The van der Waals surface area contributed by atoms with Crippen LogP contribution in [0.2, 0.25) is 0 Å². The molecule has 1 N–H and O–H groups in total. The Balaban J connectivity index is 1.73. The minimum atomic E-state index is -0.247. The zero-order chi connectivity index (χ0) is 15.1. The molecular weight excluding hydrogens is 269 g/mol. The van der Waals surface area contributed by atoms with Crippen molar-refractivity contribution in [2.45, 2.75) is 13.3 Å². The van der Waals surface area contributed by atoms with E-state index in [9.17, 15) is 9.18 Å². The third kappa shape index (κ3) is 4.60. The van der Waals surface area contributed by atoms with Gasteiger partial charge in [-0.05, 0) is 36.6 Å². The number of halogens is 1. The van der Waals surface area contributed by atoms with Gasteiger partial charge >= 0.3 is 0 Å². The number of aryl methyl sites for hydroxylation is 1. The zero-order valence-corrected chi connectivity index (χ0v) is 11.9. The van der Waals surface area contributed by atoms with Gasteiger partial charge in [0, 0.05) is 6.54 Å². The Bertz CT molecular complexity index is 613. The molecular formula is C17H18FNO2. The topological polar surface area (TPSA) is 38.3 Å². The summed E-state index contributed by atoms with van der Waals surface area (Å²) in [5.74, 6) is 0.235. The minimum absolute atomic E-state index is 0.0396. The summed E-state index contributed by atoms with van der Waals surface area (Å²) >= 11 is 0. The molecule has 0 aromatic heterocycles. The molecule has 0 aliphatic carbocycles. The standard InChI is InChI=1S/C17H18FNO2/c1-13-6-2-5-9-16(13)21-12-17(20)19-11-10-14-7-3-4-8-15(14)18/h2-9H,10-12H2,1H3,(H,19,20). The lowest BCUT2D eigenvalue weighted by Gasteiger charge is -2.09. The Morgan fingerprint density at radius 2 is 1.86 bits per heavy atom. The van der Waals surface area contributed by atoms with E-state index in [0.717, 1.165) is 5.56 Å². The molecule has 2 rings (SSSR count). The predicted octanol–water partition coefficient (Wildman–Crippen LogP) is 2.87. The molecule has 0 spiro atoms. The number of nitrogens with one attached hydrogen (secondary N) is 1. The van der Waals surface area contributed by atoms with Gasteiger partial charge in [-0.3, -0.25) is 4.79 Å². The van der Waals surface area contributed by atoms with Gasteiger partial charge in [-0.1, -0.05) is 36.4 Å². The third-order valence-corrected chi connectivity index (χ3v) is 3.13. The average Bonchev–Trinajstić information content (AvgIpc) is 2.48. The van der Waals surface area contributed by atoms with Gasteiger partial charge in [0.25, 0.3) is 5.91 Å². The van der Waals surface area contributed by atoms with E-state index in [4.69, 9.17) is 4.74 Å². The van der Waals surface area contributed by atoms with Crippen LogP contribution in [0, 0.1) is 12.7 Å². The van der Waals surface area contributed by atoms with Gasteiger partial charge in [0.05, 0.1) is 0 Å². The van der Waals surface area contributed by atoms with Crippen molar-refractivity contribution in [1.29, 1.82) is 0 Å². The van der Waals surface area contributed by atoms with Gasteiger partial charge in [0.15, 0.2) is 6.61 Å². The van der Waals surface area contributed by atoms with Crippen LogP contribution in [-0.2, 0) is 11.2 Å². The van der Waals surface area contributed by atoms with Crippen molar-refractivity contribution in [2.75, 3.05) is 13.2 Å². The van der Waals surface area contributed by atoms with Gasteiger partial charge < -0.3 is 10.1 Å². The molecule has 0 fully saturated rings. The summed E-state index contributed by atoms with van der Waals surface area (Å²) in [4.78, 5) is 11.7. The highest BCUT2D eigenvalue weighted by molar-refractivity contribution is 5.77. The second-order valence-electron chi connectivity index (χ2n) is 4.75. The number of carbonyl (C=O) groups is 1. The first-order valence-corrected chi connectivity index (χ1v) is 6.85. The van der Waals surface area contributed by atoms with Crippen LogP contribution in [0.4, 0.5) is 4.39 Å². The summed E-state index contributed by atoms with van der Waals surface area (Å²) < 4.78 is 18.8. The highest BCUT2D eigenvalue weighted by Gasteiger charge is 2.05. The van der Waals surface area contributed by atoms with Crippen LogP contribution in [0.1, 0.15) is 11.1 Å².